The van der Waals surface area contributed by atoms with Crippen molar-refractivity contribution >= 4 is 23.7 Å². The molecule has 1 atom stereocenters. The number of amides is 1. The Balaban J connectivity index is 2.58. The Morgan fingerprint density at radius 3 is 2.55 bits per heavy atom. The van der Waals surface area contributed by atoms with E-state index in [1.54, 1.807) is 33.8 Å². The van der Waals surface area contributed by atoms with Crippen LogP contribution in [0.2, 0.25) is 5.02 Å². The van der Waals surface area contributed by atoms with Crippen molar-refractivity contribution in [1.82, 2.24) is 5.32 Å². The molecule has 1 unspecified atom stereocenters. The van der Waals surface area contributed by atoms with Gasteiger partial charge in [0.2, 0.25) is 0 Å². The number of halogens is 1. The summed E-state index contributed by atoms with van der Waals surface area (Å²) >= 11 is 5.96. The van der Waals surface area contributed by atoms with Gasteiger partial charge in [0.25, 0.3) is 0 Å². The van der Waals surface area contributed by atoms with E-state index >= 15 is 0 Å². The summed E-state index contributed by atoms with van der Waals surface area (Å²) in [5.41, 5.74) is -0.615. The average Bonchev–Trinajstić information content (AvgIpc) is 2.34. The van der Waals surface area contributed by atoms with Crippen molar-refractivity contribution in [3.63, 3.8) is 0 Å². The standard InChI is InChI=1S/C15H20ClNO5/c1-9(17-14(20)22-15(2,3)4)8-21-11-7-5-6-10(12(11)16)13(18)19/h5-7,9H,8H2,1-4H3,(H,17,20)(H,18,19). The van der Waals surface area contributed by atoms with E-state index in [-0.39, 0.29) is 29.0 Å². The highest BCUT2D eigenvalue weighted by atomic mass is 35.5. The molecule has 0 saturated carbocycles. The molecule has 0 aliphatic carbocycles. The molecule has 0 spiro atoms. The summed E-state index contributed by atoms with van der Waals surface area (Å²) in [5, 5.41) is 11.6. The lowest BCUT2D eigenvalue weighted by Crippen LogP contribution is -2.40. The molecule has 2 N–H and O–H groups in total. The zero-order valence-electron chi connectivity index (χ0n) is 13.0. The van der Waals surface area contributed by atoms with Crippen molar-refractivity contribution in [3.8, 4) is 5.75 Å². The minimum absolute atomic E-state index is 0.0273. The fourth-order valence-electron chi connectivity index (χ4n) is 1.55. The maximum absolute atomic E-state index is 11.6. The summed E-state index contributed by atoms with van der Waals surface area (Å²) in [6.07, 6.45) is -0.547. The third-order valence-corrected chi connectivity index (χ3v) is 2.84. The normalized spacial score (nSPS) is 12.4. The van der Waals surface area contributed by atoms with Gasteiger partial charge in [0.15, 0.2) is 0 Å². The molecular formula is C15H20ClNO5. The van der Waals surface area contributed by atoms with Gasteiger partial charge in [-0.1, -0.05) is 17.7 Å². The van der Waals surface area contributed by atoms with Gasteiger partial charge in [-0.15, -0.1) is 0 Å². The zero-order valence-corrected chi connectivity index (χ0v) is 13.7. The molecule has 0 aliphatic heterocycles. The third kappa shape index (κ3) is 5.81. The fraction of sp³-hybridized carbons (Fsp3) is 0.467. The number of alkyl carbamates (subject to hydrolysis) is 1. The zero-order chi connectivity index (χ0) is 16.9. The van der Waals surface area contributed by atoms with E-state index in [0.717, 1.165) is 0 Å². The van der Waals surface area contributed by atoms with Crippen LogP contribution in [0.15, 0.2) is 18.2 Å². The average molecular weight is 330 g/mol. The summed E-state index contributed by atoms with van der Waals surface area (Å²) in [7, 11) is 0. The van der Waals surface area contributed by atoms with E-state index in [4.69, 9.17) is 26.2 Å². The second-order valence-electron chi connectivity index (χ2n) is 5.78. The predicted octanol–water partition coefficient (Wildman–Crippen LogP) is 3.33. The summed E-state index contributed by atoms with van der Waals surface area (Å²) in [4.78, 5) is 22.6. The number of benzene rings is 1. The second-order valence-corrected chi connectivity index (χ2v) is 6.16. The quantitative estimate of drug-likeness (QED) is 0.865. The van der Waals surface area contributed by atoms with Crippen LogP contribution in [0.1, 0.15) is 38.1 Å². The maximum atomic E-state index is 11.6. The van der Waals surface area contributed by atoms with E-state index in [9.17, 15) is 9.59 Å². The molecule has 0 aliphatic rings. The van der Waals surface area contributed by atoms with Gasteiger partial charge >= 0.3 is 12.1 Å². The second kappa shape index (κ2) is 7.35. The first-order valence-corrected chi connectivity index (χ1v) is 7.12. The highest BCUT2D eigenvalue weighted by molar-refractivity contribution is 6.34. The van der Waals surface area contributed by atoms with Crippen LogP contribution in [0.25, 0.3) is 0 Å². The molecule has 0 fully saturated rings. The number of carbonyl (C=O) groups is 2. The monoisotopic (exact) mass is 329 g/mol. The van der Waals surface area contributed by atoms with Gasteiger partial charge in [-0.3, -0.25) is 0 Å². The fourth-order valence-corrected chi connectivity index (χ4v) is 1.81. The molecule has 1 aromatic rings. The largest absolute Gasteiger partial charge is 0.490 e. The predicted molar refractivity (Wildman–Crippen MR) is 82.7 cm³/mol. The SMILES string of the molecule is CC(COc1cccc(C(=O)O)c1Cl)NC(=O)OC(C)(C)C. The molecule has 0 aromatic heterocycles. The van der Waals surface area contributed by atoms with Crippen molar-refractivity contribution in [2.45, 2.75) is 39.3 Å². The van der Waals surface area contributed by atoms with Gasteiger partial charge in [0, 0.05) is 0 Å². The molecular weight excluding hydrogens is 310 g/mol. The number of aromatic carboxylic acids is 1. The maximum Gasteiger partial charge on any atom is 0.407 e. The molecule has 0 radical (unpaired) electrons. The van der Waals surface area contributed by atoms with Gasteiger partial charge in [-0.25, -0.2) is 9.59 Å². The number of ether oxygens (including phenoxy) is 2. The molecule has 0 bridgehead atoms. The topological polar surface area (TPSA) is 84.9 Å². The number of hydrogen-bond donors (Lipinski definition) is 2. The van der Waals surface area contributed by atoms with Crippen molar-refractivity contribution in [2.75, 3.05) is 6.61 Å². The van der Waals surface area contributed by atoms with Gasteiger partial charge in [0.1, 0.15) is 18.0 Å². The van der Waals surface area contributed by atoms with Gasteiger partial charge < -0.3 is 19.9 Å². The lowest BCUT2D eigenvalue weighted by Gasteiger charge is -2.22. The van der Waals surface area contributed by atoms with E-state index < -0.39 is 17.7 Å². The van der Waals surface area contributed by atoms with Crippen LogP contribution in [0, 0.1) is 0 Å². The van der Waals surface area contributed by atoms with Crippen molar-refractivity contribution in [2.24, 2.45) is 0 Å². The van der Waals surface area contributed by atoms with Crippen LogP contribution >= 0.6 is 11.6 Å². The van der Waals surface area contributed by atoms with E-state index in [1.807, 2.05) is 0 Å². The summed E-state index contributed by atoms with van der Waals surface area (Å²) < 4.78 is 10.6. The van der Waals surface area contributed by atoms with Crippen molar-refractivity contribution < 1.29 is 24.2 Å². The Morgan fingerprint density at radius 1 is 1.36 bits per heavy atom. The van der Waals surface area contributed by atoms with E-state index in [2.05, 4.69) is 5.32 Å². The first kappa shape index (κ1) is 18.1. The lowest BCUT2D eigenvalue weighted by atomic mass is 10.2. The number of carbonyl (C=O) groups excluding carboxylic acids is 1. The molecule has 0 saturated heterocycles. The highest BCUT2D eigenvalue weighted by Gasteiger charge is 2.18. The molecule has 0 heterocycles. The number of carboxylic acids is 1. The Hall–Kier alpha value is -1.95. The van der Waals surface area contributed by atoms with E-state index in [1.165, 1.54) is 12.1 Å². The first-order valence-electron chi connectivity index (χ1n) is 6.74. The van der Waals surface area contributed by atoms with Crippen LogP contribution in [-0.4, -0.2) is 35.4 Å². The Bertz CT molecular complexity index is 553. The molecule has 22 heavy (non-hydrogen) atoms. The highest BCUT2D eigenvalue weighted by Crippen LogP contribution is 2.28. The number of rotatable bonds is 5. The van der Waals surface area contributed by atoms with Crippen molar-refractivity contribution in [1.29, 1.82) is 0 Å². The summed E-state index contributed by atoms with van der Waals surface area (Å²) in [5.74, 6) is -0.880. The van der Waals surface area contributed by atoms with E-state index in [0.29, 0.717) is 0 Å². The summed E-state index contributed by atoms with van der Waals surface area (Å²) in [6, 6.07) is 4.16. The number of hydrogen-bond acceptors (Lipinski definition) is 4. The first-order chi connectivity index (χ1) is 10.1. The lowest BCUT2D eigenvalue weighted by molar-refractivity contribution is 0.0493. The molecule has 122 valence electrons. The Labute approximate surface area is 134 Å². The Morgan fingerprint density at radius 2 is 2.00 bits per heavy atom. The van der Waals surface area contributed by atoms with Crippen LogP contribution in [0.3, 0.4) is 0 Å². The van der Waals surface area contributed by atoms with Gasteiger partial charge in [-0.05, 0) is 39.8 Å². The number of nitrogens with one attached hydrogen (secondary N) is 1. The molecule has 6 nitrogen and oxygen atoms in total. The molecule has 7 heteroatoms. The minimum Gasteiger partial charge on any atom is -0.490 e. The minimum atomic E-state index is -1.13. The molecule has 1 amide bonds. The van der Waals surface area contributed by atoms with Crippen LogP contribution < -0.4 is 10.1 Å². The van der Waals surface area contributed by atoms with Crippen LogP contribution in [0.4, 0.5) is 4.79 Å². The van der Waals surface area contributed by atoms with Crippen LogP contribution in [0.5, 0.6) is 5.75 Å². The smallest absolute Gasteiger partial charge is 0.407 e. The van der Waals surface area contributed by atoms with Crippen molar-refractivity contribution in [3.05, 3.63) is 28.8 Å². The Kier molecular flexibility index (Phi) is 6.05. The third-order valence-electron chi connectivity index (χ3n) is 2.45. The van der Waals surface area contributed by atoms with Crippen LogP contribution in [-0.2, 0) is 4.74 Å². The molecule has 1 rings (SSSR count). The number of carboxylic acid groups (broad SMARTS) is 1. The molecule has 1 aromatic carbocycles. The van der Waals surface area contributed by atoms with Gasteiger partial charge in [-0.2, -0.15) is 0 Å². The summed E-state index contributed by atoms with van der Waals surface area (Å²) in [6.45, 7) is 7.17. The van der Waals surface area contributed by atoms with Gasteiger partial charge in [0.05, 0.1) is 16.6 Å².